The third-order valence-corrected chi connectivity index (χ3v) is 5.12. The topological polar surface area (TPSA) is 85.3 Å². The Morgan fingerprint density at radius 1 is 0.939 bits per heavy atom. The maximum atomic E-state index is 12.2. The first-order chi connectivity index (χ1) is 16.2. The van der Waals surface area contributed by atoms with E-state index in [1.54, 1.807) is 23.1 Å². The lowest BCUT2D eigenvalue weighted by molar-refractivity contribution is -0.121. The molecule has 7 heteroatoms. The number of anilines is 1. The normalized spacial score (nSPS) is 10.7. The first-order valence-electron chi connectivity index (χ1n) is 10.9. The number of hydrogen-bond donors (Lipinski definition) is 2. The smallest absolute Gasteiger partial charge is 0.246 e. The Kier molecular flexibility index (Phi) is 7.33. The number of amides is 2. The van der Waals surface area contributed by atoms with Crippen LogP contribution in [0.4, 0.5) is 5.69 Å². The van der Waals surface area contributed by atoms with E-state index in [-0.39, 0.29) is 18.4 Å². The predicted molar refractivity (Wildman–Crippen MR) is 128 cm³/mol. The maximum absolute atomic E-state index is 12.2. The summed E-state index contributed by atoms with van der Waals surface area (Å²) in [6, 6.07) is 23.2. The largest absolute Gasteiger partial charge is 0.493 e. The molecule has 4 aromatic rings. The monoisotopic (exact) mass is 442 g/mol. The van der Waals surface area contributed by atoms with Gasteiger partial charge in [0, 0.05) is 36.4 Å². The Labute approximate surface area is 192 Å². The number of aromatic nitrogens is 2. The summed E-state index contributed by atoms with van der Waals surface area (Å²) in [5, 5.41) is 12.0. The van der Waals surface area contributed by atoms with Gasteiger partial charge in [0.2, 0.25) is 11.8 Å². The van der Waals surface area contributed by atoms with Crippen molar-refractivity contribution in [2.45, 2.75) is 25.9 Å². The van der Waals surface area contributed by atoms with Gasteiger partial charge in [0.05, 0.1) is 6.61 Å². The van der Waals surface area contributed by atoms with Crippen LogP contribution in [0.25, 0.3) is 10.8 Å². The SMILES string of the molecule is O=C(CCCOc1cccc2ccccc12)NCc1cccc(NC(=O)Cn2cccn2)c1. The lowest BCUT2D eigenvalue weighted by Crippen LogP contribution is -2.23. The fourth-order valence-corrected chi connectivity index (χ4v) is 3.53. The molecule has 0 radical (unpaired) electrons. The third-order valence-electron chi connectivity index (χ3n) is 5.12. The van der Waals surface area contributed by atoms with Crippen LogP contribution in [0.3, 0.4) is 0 Å². The zero-order chi connectivity index (χ0) is 22.9. The molecule has 0 saturated carbocycles. The summed E-state index contributed by atoms with van der Waals surface area (Å²) in [6.45, 7) is 1.01. The number of carbonyl (C=O) groups is 2. The molecule has 0 saturated heterocycles. The van der Waals surface area contributed by atoms with E-state index in [0.717, 1.165) is 22.1 Å². The summed E-state index contributed by atoms with van der Waals surface area (Å²) < 4.78 is 7.46. The van der Waals surface area contributed by atoms with Crippen molar-refractivity contribution in [1.82, 2.24) is 15.1 Å². The number of rotatable bonds is 10. The summed E-state index contributed by atoms with van der Waals surface area (Å²) in [7, 11) is 0. The van der Waals surface area contributed by atoms with Gasteiger partial charge in [-0.25, -0.2) is 0 Å². The van der Waals surface area contributed by atoms with Crippen molar-refractivity contribution in [1.29, 1.82) is 0 Å². The number of ether oxygens (including phenoxy) is 1. The number of nitrogens with zero attached hydrogens (tertiary/aromatic N) is 2. The third kappa shape index (κ3) is 6.43. The van der Waals surface area contributed by atoms with Gasteiger partial charge in [0.1, 0.15) is 12.3 Å². The van der Waals surface area contributed by atoms with Gasteiger partial charge in [-0.05, 0) is 41.6 Å². The lowest BCUT2D eigenvalue weighted by Gasteiger charge is -2.10. The molecule has 4 rings (SSSR count). The van der Waals surface area contributed by atoms with E-state index >= 15 is 0 Å². The van der Waals surface area contributed by atoms with Crippen LogP contribution in [-0.2, 0) is 22.7 Å². The van der Waals surface area contributed by atoms with Gasteiger partial charge >= 0.3 is 0 Å². The molecule has 168 valence electrons. The van der Waals surface area contributed by atoms with E-state index in [1.165, 1.54) is 0 Å². The molecule has 2 N–H and O–H groups in total. The van der Waals surface area contributed by atoms with Gasteiger partial charge in [0.15, 0.2) is 0 Å². The van der Waals surface area contributed by atoms with Gasteiger partial charge in [-0.2, -0.15) is 5.10 Å². The molecule has 0 aliphatic carbocycles. The minimum Gasteiger partial charge on any atom is -0.493 e. The average molecular weight is 443 g/mol. The zero-order valence-corrected chi connectivity index (χ0v) is 18.2. The molecular formula is C26H26N4O3. The molecule has 7 nitrogen and oxygen atoms in total. The van der Waals surface area contributed by atoms with Gasteiger partial charge in [0.25, 0.3) is 0 Å². The standard InChI is InChI=1S/C26H26N4O3/c31-25(13-5-16-33-24-12-4-9-21-8-1-2-11-23(21)24)27-18-20-7-3-10-22(17-20)29-26(32)19-30-15-6-14-28-30/h1-4,6-12,14-15,17H,5,13,16,18-19H2,(H,27,31)(H,29,32). The van der Waals surface area contributed by atoms with Crippen LogP contribution in [0.2, 0.25) is 0 Å². The fraction of sp³-hybridized carbons (Fsp3) is 0.192. The summed E-state index contributed by atoms with van der Waals surface area (Å²) in [5.74, 6) is 0.635. The Morgan fingerprint density at radius 2 is 1.79 bits per heavy atom. The Balaban J connectivity index is 1.19. The van der Waals surface area contributed by atoms with Gasteiger partial charge in [-0.3, -0.25) is 14.3 Å². The van der Waals surface area contributed by atoms with Crippen LogP contribution in [-0.4, -0.2) is 28.2 Å². The van der Waals surface area contributed by atoms with E-state index in [4.69, 9.17) is 4.74 Å². The molecule has 0 bridgehead atoms. The number of fused-ring (bicyclic) bond motifs is 1. The van der Waals surface area contributed by atoms with E-state index in [9.17, 15) is 9.59 Å². The van der Waals surface area contributed by atoms with E-state index in [0.29, 0.717) is 31.7 Å². The minimum atomic E-state index is -0.161. The van der Waals surface area contributed by atoms with Crippen molar-refractivity contribution in [2.75, 3.05) is 11.9 Å². The summed E-state index contributed by atoms with van der Waals surface area (Å²) in [6.07, 6.45) is 4.37. The second-order valence-electron chi connectivity index (χ2n) is 7.66. The molecule has 1 heterocycles. The second-order valence-corrected chi connectivity index (χ2v) is 7.66. The van der Waals surface area contributed by atoms with E-state index in [2.05, 4.69) is 27.9 Å². The number of benzene rings is 3. The molecule has 33 heavy (non-hydrogen) atoms. The molecule has 0 aliphatic heterocycles. The van der Waals surface area contributed by atoms with Crippen molar-refractivity contribution < 1.29 is 14.3 Å². The second kappa shape index (κ2) is 10.9. The molecule has 3 aromatic carbocycles. The van der Waals surface area contributed by atoms with Crippen LogP contribution >= 0.6 is 0 Å². The van der Waals surface area contributed by atoms with Crippen molar-refractivity contribution in [2.24, 2.45) is 0 Å². The molecular weight excluding hydrogens is 416 g/mol. The average Bonchev–Trinajstić information content (AvgIpc) is 3.33. The van der Waals surface area contributed by atoms with E-state index in [1.807, 2.05) is 54.6 Å². The van der Waals surface area contributed by atoms with Crippen molar-refractivity contribution in [3.05, 3.63) is 90.8 Å². The van der Waals surface area contributed by atoms with Crippen molar-refractivity contribution in [3.8, 4) is 5.75 Å². The first kappa shape index (κ1) is 22.1. The Morgan fingerprint density at radius 3 is 2.67 bits per heavy atom. The van der Waals surface area contributed by atoms with Crippen LogP contribution in [0.5, 0.6) is 5.75 Å². The molecule has 0 unspecified atom stereocenters. The highest BCUT2D eigenvalue weighted by molar-refractivity contribution is 5.90. The highest BCUT2D eigenvalue weighted by Gasteiger charge is 2.06. The summed E-state index contributed by atoms with van der Waals surface area (Å²) >= 11 is 0. The lowest BCUT2D eigenvalue weighted by atomic mass is 10.1. The van der Waals surface area contributed by atoms with Gasteiger partial charge in [-0.15, -0.1) is 0 Å². The van der Waals surface area contributed by atoms with E-state index < -0.39 is 0 Å². The zero-order valence-electron chi connectivity index (χ0n) is 18.2. The van der Waals surface area contributed by atoms with Crippen LogP contribution < -0.4 is 15.4 Å². The quantitative estimate of drug-likeness (QED) is 0.361. The maximum Gasteiger partial charge on any atom is 0.246 e. The highest BCUT2D eigenvalue weighted by Crippen LogP contribution is 2.25. The van der Waals surface area contributed by atoms with Crippen molar-refractivity contribution in [3.63, 3.8) is 0 Å². The van der Waals surface area contributed by atoms with Crippen molar-refractivity contribution >= 4 is 28.3 Å². The highest BCUT2D eigenvalue weighted by atomic mass is 16.5. The Bertz CT molecular complexity index is 1220. The van der Waals surface area contributed by atoms with Gasteiger partial charge < -0.3 is 15.4 Å². The molecule has 0 spiro atoms. The molecule has 2 amide bonds. The Hall–Kier alpha value is -4.13. The molecule has 0 fully saturated rings. The first-order valence-corrected chi connectivity index (χ1v) is 10.9. The molecule has 1 aromatic heterocycles. The number of nitrogens with one attached hydrogen (secondary N) is 2. The minimum absolute atomic E-state index is 0.0374. The number of hydrogen-bond acceptors (Lipinski definition) is 4. The van der Waals surface area contributed by atoms with Crippen LogP contribution in [0, 0.1) is 0 Å². The number of carbonyl (C=O) groups excluding carboxylic acids is 2. The summed E-state index contributed by atoms with van der Waals surface area (Å²) in [4.78, 5) is 24.4. The van der Waals surface area contributed by atoms with Crippen LogP contribution in [0.15, 0.2) is 85.2 Å². The molecule has 0 atom stereocenters. The molecule has 0 aliphatic rings. The fourth-order valence-electron chi connectivity index (χ4n) is 3.53. The van der Waals surface area contributed by atoms with Gasteiger partial charge in [-0.1, -0.05) is 48.5 Å². The van der Waals surface area contributed by atoms with Crippen LogP contribution in [0.1, 0.15) is 18.4 Å². The summed E-state index contributed by atoms with van der Waals surface area (Å²) in [5.41, 5.74) is 1.59. The predicted octanol–water partition coefficient (Wildman–Crippen LogP) is 4.15.